The Balaban J connectivity index is 1.83. The number of carbonyl (C=O) groups is 1. The van der Waals surface area contributed by atoms with Gasteiger partial charge >= 0.3 is 6.18 Å². The number of benzene rings is 2. The zero-order chi connectivity index (χ0) is 23.5. The third-order valence-corrected chi connectivity index (χ3v) is 5.75. The van der Waals surface area contributed by atoms with E-state index in [9.17, 15) is 26.4 Å². The van der Waals surface area contributed by atoms with Crippen LogP contribution in [0.3, 0.4) is 0 Å². The molecule has 1 amide bonds. The molecule has 170 valence electrons. The van der Waals surface area contributed by atoms with Crippen LogP contribution in [0.2, 0.25) is 5.02 Å². The number of anilines is 1. The highest BCUT2D eigenvalue weighted by atomic mass is 35.5. The fourth-order valence-corrected chi connectivity index (χ4v) is 3.88. The van der Waals surface area contributed by atoms with Crippen LogP contribution in [0.1, 0.15) is 17.5 Å². The van der Waals surface area contributed by atoms with Crippen molar-refractivity contribution in [3.8, 4) is 5.69 Å². The normalized spacial score (nSPS) is 12.0. The molecule has 3 N–H and O–H groups in total. The number of halogens is 4. The van der Waals surface area contributed by atoms with Gasteiger partial charge in [0.15, 0.2) is 0 Å². The van der Waals surface area contributed by atoms with Crippen LogP contribution in [-0.2, 0) is 27.7 Å². The molecule has 0 aliphatic carbocycles. The topological polar surface area (TPSA) is 107 Å². The molecule has 0 fully saturated rings. The van der Waals surface area contributed by atoms with E-state index in [2.05, 4.69) is 10.4 Å². The van der Waals surface area contributed by atoms with E-state index in [0.717, 1.165) is 10.7 Å². The number of amides is 1. The van der Waals surface area contributed by atoms with E-state index < -0.39 is 28.5 Å². The highest BCUT2D eigenvalue weighted by Gasteiger charge is 2.27. The van der Waals surface area contributed by atoms with Gasteiger partial charge in [0, 0.05) is 23.3 Å². The number of nitrogens with one attached hydrogen (secondary N) is 1. The van der Waals surface area contributed by atoms with Gasteiger partial charge in [-0.2, -0.15) is 18.3 Å². The van der Waals surface area contributed by atoms with Crippen molar-refractivity contribution < 1.29 is 26.4 Å². The number of rotatable bonds is 7. The quantitative estimate of drug-likeness (QED) is 0.529. The maximum Gasteiger partial charge on any atom is 0.389 e. The Bertz CT molecular complexity index is 1240. The molecule has 0 saturated heterocycles. The summed E-state index contributed by atoms with van der Waals surface area (Å²) in [4.78, 5) is 12.0. The predicted molar refractivity (Wildman–Crippen MR) is 113 cm³/mol. The number of primary sulfonamides is 1. The third-order valence-electron chi connectivity index (χ3n) is 4.44. The smallest absolute Gasteiger partial charge is 0.326 e. The first-order valence-corrected chi connectivity index (χ1v) is 11.2. The fraction of sp³-hybridized carbons (Fsp3) is 0.200. The number of hydrogen-bond acceptors (Lipinski definition) is 4. The molecule has 3 rings (SSSR count). The van der Waals surface area contributed by atoms with E-state index in [0.29, 0.717) is 10.6 Å². The van der Waals surface area contributed by atoms with Gasteiger partial charge in [0.25, 0.3) is 0 Å². The number of aromatic nitrogens is 2. The van der Waals surface area contributed by atoms with E-state index >= 15 is 0 Å². The highest BCUT2D eigenvalue weighted by Crippen LogP contribution is 2.26. The Hall–Kier alpha value is -2.89. The Labute approximate surface area is 187 Å². The minimum Gasteiger partial charge on any atom is -0.326 e. The van der Waals surface area contributed by atoms with Crippen molar-refractivity contribution in [3.05, 3.63) is 71.0 Å². The second-order valence-electron chi connectivity index (χ2n) is 6.95. The van der Waals surface area contributed by atoms with Gasteiger partial charge in [0.1, 0.15) is 4.90 Å². The molecule has 0 bridgehead atoms. The average Bonchev–Trinajstić information content (AvgIpc) is 3.16. The molecular formula is C20H18ClF3N4O3S. The molecule has 2 aromatic carbocycles. The van der Waals surface area contributed by atoms with Crippen molar-refractivity contribution in [2.75, 3.05) is 5.32 Å². The van der Waals surface area contributed by atoms with E-state index in [1.165, 1.54) is 24.5 Å². The summed E-state index contributed by atoms with van der Waals surface area (Å²) in [7, 11) is -4.25. The molecule has 0 aliphatic rings. The standard InChI is InChI=1S/C20H18ClF3N4O3S/c21-16-4-2-1-3-14(16)9-19(29)27-15-5-6-17(18(10-15)32(25,30)31)28-12-13(11-26-28)7-8-20(22,23)24/h1-6,10-12H,7-9H2,(H,27,29)(H2,25,30,31). The lowest BCUT2D eigenvalue weighted by Gasteiger charge is -2.12. The predicted octanol–water partition coefficient (Wildman–Crippen LogP) is 3.85. The van der Waals surface area contributed by atoms with Crippen LogP contribution in [0.25, 0.3) is 5.69 Å². The largest absolute Gasteiger partial charge is 0.389 e. The monoisotopic (exact) mass is 486 g/mol. The van der Waals surface area contributed by atoms with Gasteiger partial charge in [-0.05, 0) is 41.8 Å². The maximum atomic E-state index is 12.4. The fourth-order valence-electron chi connectivity index (χ4n) is 2.94. The van der Waals surface area contributed by atoms with Crippen LogP contribution in [0.4, 0.5) is 18.9 Å². The summed E-state index contributed by atoms with van der Waals surface area (Å²) in [5.74, 6) is -0.431. The van der Waals surface area contributed by atoms with Gasteiger partial charge < -0.3 is 5.32 Å². The van der Waals surface area contributed by atoms with Crippen molar-refractivity contribution >= 4 is 33.2 Å². The van der Waals surface area contributed by atoms with Crippen molar-refractivity contribution in [3.63, 3.8) is 0 Å². The minimum absolute atomic E-state index is 0.0339. The molecule has 0 saturated carbocycles. The lowest BCUT2D eigenvalue weighted by atomic mass is 10.1. The first kappa shape index (κ1) is 23.8. The molecule has 1 aromatic heterocycles. The zero-order valence-electron chi connectivity index (χ0n) is 16.4. The summed E-state index contributed by atoms with van der Waals surface area (Å²) in [5, 5.41) is 12.3. The third kappa shape index (κ3) is 6.31. The number of nitrogens with zero attached hydrogens (tertiary/aromatic N) is 2. The molecule has 0 radical (unpaired) electrons. The van der Waals surface area contributed by atoms with Gasteiger partial charge in [-0.25, -0.2) is 18.2 Å². The number of sulfonamides is 1. The highest BCUT2D eigenvalue weighted by molar-refractivity contribution is 7.89. The van der Waals surface area contributed by atoms with Crippen molar-refractivity contribution in [2.45, 2.75) is 30.3 Å². The zero-order valence-corrected chi connectivity index (χ0v) is 18.0. The van der Waals surface area contributed by atoms with Crippen LogP contribution >= 0.6 is 11.6 Å². The molecule has 12 heteroatoms. The minimum atomic E-state index is -4.32. The lowest BCUT2D eigenvalue weighted by Crippen LogP contribution is -2.18. The summed E-state index contributed by atoms with van der Waals surface area (Å²) in [5.41, 5.74) is 1.08. The van der Waals surface area contributed by atoms with Crippen molar-refractivity contribution in [1.82, 2.24) is 9.78 Å². The Kier molecular flexibility index (Phi) is 6.91. The molecule has 7 nitrogen and oxygen atoms in total. The van der Waals surface area contributed by atoms with Gasteiger partial charge in [0.2, 0.25) is 15.9 Å². The summed E-state index contributed by atoms with van der Waals surface area (Å²) in [6, 6.07) is 10.7. The molecule has 1 heterocycles. The summed E-state index contributed by atoms with van der Waals surface area (Å²) >= 11 is 6.05. The second-order valence-corrected chi connectivity index (χ2v) is 8.89. The Morgan fingerprint density at radius 1 is 1.19 bits per heavy atom. The Morgan fingerprint density at radius 3 is 2.56 bits per heavy atom. The molecule has 3 aromatic rings. The van der Waals surface area contributed by atoms with Crippen LogP contribution < -0.4 is 10.5 Å². The molecule has 0 unspecified atom stereocenters. The van der Waals surface area contributed by atoms with Gasteiger partial charge in [-0.1, -0.05) is 29.8 Å². The van der Waals surface area contributed by atoms with Crippen LogP contribution in [0.15, 0.2) is 59.8 Å². The van der Waals surface area contributed by atoms with Crippen molar-refractivity contribution in [2.24, 2.45) is 5.14 Å². The molecule has 0 spiro atoms. The number of carbonyl (C=O) groups excluding carboxylic acids is 1. The first-order valence-electron chi connectivity index (χ1n) is 9.23. The number of nitrogens with two attached hydrogens (primary N) is 1. The average molecular weight is 487 g/mol. The van der Waals surface area contributed by atoms with Gasteiger partial charge in [0.05, 0.1) is 18.3 Å². The van der Waals surface area contributed by atoms with E-state index in [-0.39, 0.29) is 34.7 Å². The molecular weight excluding hydrogens is 469 g/mol. The Morgan fingerprint density at radius 2 is 1.91 bits per heavy atom. The van der Waals surface area contributed by atoms with Gasteiger partial charge in [-0.3, -0.25) is 4.79 Å². The summed E-state index contributed by atoms with van der Waals surface area (Å²) in [6.07, 6.45) is -3.17. The SMILES string of the molecule is NS(=O)(=O)c1cc(NC(=O)Cc2ccccc2Cl)ccc1-n1cc(CCC(F)(F)F)cn1. The van der Waals surface area contributed by atoms with E-state index in [4.69, 9.17) is 16.7 Å². The number of aryl methyl sites for hydroxylation is 1. The summed E-state index contributed by atoms with van der Waals surface area (Å²) in [6.45, 7) is 0. The van der Waals surface area contributed by atoms with Crippen LogP contribution in [0.5, 0.6) is 0 Å². The number of alkyl halides is 3. The molecule has 32 heavy (non-hydrogen) atoms. The van der Waals surface area contributed by atoms with E-state index in [1.54, 1.807) is 24.3 Å². The summed E-state index contributed by atoms with van der Waals surface area (Å²) < 4.78 is 62.7. The molecule has 0 aliphatic heterocycles. The van der Waals surface area contributed by atoms with Crippen LogP contribution in [-0.4, -0.2) is 30.3 Å². The maximum absolute atomic E-state index is 12.4. The lowest BCUT2D eigenvalue weighted by molar-refractivity contribution is -0.134. The van der Waals surface area contributed by atoms with Crippen molar-refractivity contribution in [1.29, 1.82) is 0 Å². The second kappa shape index (κ2) is 9.31. The first-order chi connectivity index (χ1) is 14.9. The van der Waals surface area contributed by atoms with E-state index in [1.807, 2.05) is 0 Å². The van der Waals surface area contributed by atoms with Crippen LogP contribution in [0, 0.1) is 0 Å². The number of hydrogen-bond donors (Lipinski definition) is 2. The van der Waals surface area contributed by atoms with Gasteiger partial charge in [-0.15, -0.1) is 0 Å². The molecule has 0 atom stereocenters.